The summed E-state index contributed by atoms with van der Waals surface area (Å²) in [5, 5.41) is 0. The number of hydrogen-bond acceptors (Lipinski definition) is 8. The van der Waals surface area contributed by atoms with Crippen LogP contribution in [0.3, 0.4) is 0 Å². The number of carbonyl (C=O) groups excluding carboxylic acids is 4. The van der Waals surface area contributed by atoms with Crippen molar-refractivity contribution in [3.63, 3.8) is 0 Å². The summed E-state index contributed by atoms with van der Waals surface area (Å²) >= 11 is 0. The highest BCUT2D eigenvalue weighted by Crippen LogP contribution is 1.98. The molecule has 38 heavy (non-hydrogen) atoms. The highest BCUT2D eigenvalue weighted by molar-refractivity contribution is 5.82. The largest absolute Gasteiger partial charge is 0.463 e. The van der Waals surface area contributed by atoms with Gasteiger partial charge in [-0.15, -0.1) is 0 Å². The molecule has 0 unspecified atom stereocenters. The van der Waals surface area contributed by atoms with E-state index in [1.165, 1.54) is 24.3 Å². The quantitative estimate of drug-likeness (QED) is 0.0938. The third-order valence-electron chi connectivity index (χ3n) is 3.90. The summed E-state index contributed by atoms with van der Waals surface area (Å²) in [6, 6.07) is 0. The molecule has 0 fully saturated rings. The van der Waals surface area contributed by atoms with Crippen molar-refractivity contribution >= 4 is 23.9 Å². The molecule has 220 valence electrons. The second-order valence-electron chi connectivity index (χ2n) is 8.59. The molecule has 0 aromatic rings. The summed E-state index contributed by atoms with van der Waals surface area (Å²) in [4.78, 5) is 41.6. The van der Waals surface area contributed by atoms with Crippen molar-refractivity contribution in [2.45, 2.75) is 80.1 Å². The molecule has 0 aromatic heterocycles. The Kier molecular flexibility index (Phi) is 37.4. The summed E-state index contributed by atoms with van der Waals surface area (Å²) in [5.74, 6) is -0.351. The van der Waals surface area contributed by atoms with Crippen molar-refractivity contribution in [2.24, 2.45) is 11.8 Å². The van der Waals surface area contributed by atoms with E-state index in [4.69, 9.17) is 14.2 Å². The molecule has 8 nitrogen and oxygen atoms in total. The number of hydrogen-bond donors (Lipinski definition) is 0. The molecule has 0 atom stereocenters. The zero-order chi connectivity index (χ0) is 30.2. The normalized spacial score (nSPS) is 9.05. The van der Waals surface area contributed by atoms with Crippen LogP contribution in [0.4, 0.5) is 0 Å². The van der Waals surface area contributed by atoms with Gasteiger partial charge in [-0.1, -0.05) is 87.1 Å². The fraction of sp³-hybridized carbons (Fsp3) is 0.600. The molecule has 0 heterocycles. The van der Waals surface area contributed by atoms with Crippen LogP contribution in [0.2, 0.25) is 0 Å². The second-order valence-corrected chi connectivity index (χ2v) is 8.59. The van der Waals surface area contributed by atoms with E-state index in [9.17, 15) is 19.2 Å². The van der Waals surface area contributed by atoms with Crippen LogP contribution in [0.1, 0.15) is 80.1 Å². The number of unbranched alkanes of at least 4 members (excludes halogenated alkanes) is 3. The van der Waals surface area contributed by atoms with Crippen LogP contribution in [-0.4, -0.2) is 50.3 Å². The minimum atomic E-state index is -0.344. The van der Waals surface area contributed by atoms with Crippen molar-refractivity contribution in [1.29, 1.82) is 0 Å². The molecule has 0 spiro atoms. The van der Waals surface area contributed by atoms with Crippen LogP contribution in [-0.2, 0) is 38.1 Å². The molecular formula is C30H52O8. The van der Waals surface area contributed by atoms with Crippen molar-refractivity contribution in [2.75, 3.05) is 26.4 Å². The summed E-state index contributed by atoms with van der Waals surface area (Å²) in [5.41, 5.74) is 0. The zero-order valence-electron chi connectivity index (χ0n) is 24.6. The molecule has 0 saturated carbocycles. The lowest BCUT2D eigenvalue weighted by molar-refractivity contribution is -0.139. The SMILES string of the molecule is C=CC(=O)OCC(C)C.C=CC(=O)OCCC(C)C.C=CC(=O)OCCCC.C=CC(=O)OCCCCC. The lowest BCUT2D eigenvalue weighted by atomic mass is 10.1. The number of rotatable bonds is 16. The fourth-order valence-electron chi connectivity index (χ4n) is 1.72. The third kappa shape index (κ3) is 46.2. The van der Waals surface area contributed by atoms with Gasteiger partial charge in [0.05, 0.1) is 26.4 Å². The Bertz CT molecular complexity index is 651. The molecule has 0 aliphatic carbocycles. The smallest absolute Gasteiger partial charge is 0.330 e. The van der Waals surface area contributed by atoms with Gasteiger partial charge in [0.2, 0.25) is 0 Å². The Morgan fingerprint density at radius 1 is 0.553 bits per heavy atom. The van der Waals surface area contributed by atoms with Crippen LogP contribution in [0.15, 0.2) is 50.6 Å². The summed E-state index contributed by atoms with van der Waals surface area (Å²) in [6.45, 7) is 27.4. The highest BCUT2D eigenvalue weighted by atomic mass is 16.5. The van der Waals surface area contributed by atoms with E-state index in [0.29, 0.717) is 38.3 Å². The van der Waals surface area contributed by atoms with Crippen LogP contribution in [0, 0.1) is 11.8 Å². The van der Waals surface area contributed by atoms with Gasteiger partial charge in [0.25, 0.3) is 0 Å². The minimum Gasteiger partial charge on any atom is -0.463 e. The first-order chi connectivity index (χ1) is 17.9. The monoisotopic (exact) mass is 540 g/mol. The van der Waals surface area contributed by atoms with E-state index in [-0.39, 0.29) is 23.9 Å². The maximum absolute atomic E-state index is 10.5. The Hall–Kier alpha value is -3.16. The highest BCUT2D eigenvalue weighted by Gasteiger charge is 1.97. The predicted molar refractivity (Wildman–Crippen MR) is 153 cm³/mol. The molecular weight excluding hydrogens is 488 g/mol. The summed E-state index contributed by atoms with van der Waals surface area (Å²) < 4.78 is 18.9. The molecule has 0 saturated heterocycles. The predicted octanol–water partition coefficient (Wildman–Crippen LogP) is 6.55. The Balaban J connectivity index is -0.000000203. The Labute approximate surface area is 231 Å². The molecule has 0 rings (SSSR count). The maximum atomic E-state index is 10.5. The van der Waals surface area contributed by atoms with Gasteiger partial charge in [-0.3, -0.25) is 0 Å². The molecule has 0 aliphatic heterocycles. The molecule has 0 amide bonds. The van der Waals surface area contributed by atoms with Crippen LogP contribution in [0.25, 0.3) is 0 Å². The Morgan fingerprint density at radius 3 is 1.26 bits per heavy atom. The van der Waals surface area contributed by atoms with Crippen molar-refractivity contribution in [3.05, 3.63) is 50.6 Å². The average Bonchev–Trinajstić information content (AvgIpc) is 2.90. The number of ether oxygens (including phenoxy) is 4. The zero-order valence-corrected chi connectivity index (χ0v) is 24.6. The molecule has 0 N–H and O–H groups in total. The first kappa shape index (κ1) is 41.9. The molecule has 8 heteroatoms. The van der Waals surface area contributed by atoms with Gasteiger partial charge >= 0.3 is 23.9 Å². The first-order valence-corrected chi connectivity index (χ1v) is 13.1. The number of esters is 4. The minimum absolute atomic E-state index is 0.323. The third-order valence-corrected chi connectivity index (χ3v) is 3.90. The van der Waals surface area contributed by atoms with E-state index in [1.54, 1.807) is 0 Å². The second kappa shape index (κ2) is 33.8. The van der Waals surface area contributed by atoms with E-state index in [2.05, 4.69) is 51.8 Å². The van der Waals surface area contributed by atoms with Crippen LogP contribution >= 0.6 is 0 Å². The van der Waals surface area contributed by atoms with E-state index in [0.717, 1.165) is 38.5 Å². The van der Waals surface area contributed by atoms with Gasteiger partial charge < -0.3 is 18.9 Å². The molecule has 0 aromatic carbocycles. The molecule has 0 radical (unpaired) electrons. The fourth-order valence-corrected chi connectivity index (χ4v) is 1.72. The maximum Gasteiger partial charge on any atom is 0.330 e. The standard InChI is InChI=1S/2C8H14O2.2C7H12O2/c1-4-8(9)10-6-5-7(2)3;1-3-5-6-7-10-8(9)4-2;1-4-7(8)9-5-6(2)3;1-3-5-6-9-7(8)4-2/h4,7H,1,5-6H2,2-3H3;4H,2-3,5-7H2,1H3;4,6H,1,5H2,2-3H3;4H,2-3,5-6H2,1H3. The Morgan fingerprint density at radius 2 is 0.921 bits per heavy atom. The van der Waals surface area contributed by atoms with E-state index >= 15 is 0 Å². The first-order valence-electron chi connectivity index (χ1n) is 13.1. The van der Waals surface area contributed by atoms with Crippen molar-refractivity contribution in [1.82, 2.24) is 0 Å². The van der Waals surface area contributed by atoms with E-state index < -0.39 is 0 Å². The van der Waals surface area contributed by atoms with Crippen LogP contribution < -0.4 is 0 Å². The topological polar surface area (TPSA) is 105 Å². The van der Waals surface area contributed by atoms with Gasteiger partial charge in [-0.05, 0) is 31.1 Å². The van der Waals surface area contributed by atoms with Gasteiger partial charge in [-0.2, -0.15) is 0 Å². The van der Waals surface area contributed by atoms with E-state index in [1.807, 2.05) is 20.8 Å². The van der Waals surface area contributed by atoms with Gasteiger partial charge in [0, 0.05) is 24.3 Å². The van der Waals surface area contributed by atoms with Gasteiger partial charge in [-0.25, -0.2) is 19.2 Å². The number of carbonyl (C=O) groups is 4. The van der Waals surface area contributed by atoms with Gasteiger partial charge in [0.1, 0.15) is 0 Å². The molecule has 0 aliphatic rings. The van der Waals surface area contributed by atoms with Crippen LogP contribution in [0.5, 0.6) is 0 Å². The summed E-state index contributed by atoms with van der Waals surface area (Å²) in [7, 11) is 0. The van der Waals surface area contributed by atoms with Gasteiger partial charge in [0.15, 0.2) is 0 Å². The summed E-state index contributed by atoms with van der Waals surface area (Å²) in [6.07, 6.45) is 10.8. The lowest BCUT2D eigenvalue weighted by Crippen LogP contribution is -2.06. The average molecular weight is 541 g/mol. The lowest BCUT2D eigenvalue weighted by Gasteiger charge is -2.03. The molecule has 0 bridgehead atoms. The van der Waals surface area contributed by atoms with Crippen molar-refractivity contribution in [3.8, 4) is 0 Å². The van der Waals surface area contributed by atoms with Crippen molar-refractivity contribution < 1.29 is 38.1 Å².